The molecule has 0 unspecified atom stereocenters. The second-order valence-electron chi connectivity index (χ2n) is 8.62. The van der Waals surface area contributed by atoms with E-state index in [0.29, 0.717) is 40.4 Å². The summed E-state index contributed by atoms with van der Waals surface area (Å²) in [6, 6.07) is 8.29. The summed E-state index contributed by atoms with van der Waals surface area (Å²) in [4.78, 5) is 48.5. The number of ether oxygens (including phenoxy) is 2. The zero-order valence-corrected chi connectivity index (χ0v) is 22.6. The Hall–Kier alpha value is -4.99. The molecule has 43 heavy (non-hydrogen) atoms. The van der Waals surface area contributed by atoms with Crippen molar-refractivity contribution < 1.29 is 50.7 Å². The van der Waals surface area contributed by atoms with Crippen LogP contribution in [0.5, 0.6) is 17.2 Å². The Labute approximate surface area is 243 Å². The van der Waals surface area contributed by atoms with Crippen LogP contribution in [0, 0.1) is 21.7 Å². The first-order valence-electron chi connectivity index (χ1n) is 12.1. The molecule has 1 aliphatic heterocycles. The Morgan fingerprint density at radius 3 is 2.42 bits per heavy atom. The molecule has 3 amide bonds. The van der Waals surface area contributed by atoms with Crippen molar-refractivity contribution in [2.45, 2.75) is 13.1 Å². The lowest BCUT2D eigenvalue weighted by atomic mass is 10.1. The number of nitro benzene ring substituents is 1. The number of anilines is 1. The van der Waals surface area contributed by atoms with Gasteiger partial charge in [-0.1, -0.05) is 6.07 Å². The van der Waals surface area contributed by atoms with E-state index in [-0.39, 0.29) is 28.7 Å². The van der Waals surface area contributed by atoms with Crippen molar-refractivity contribution in [3.8, 4) is 17.2 Å². The van der Waals surface area contributed by atoms with E-state index >= 15 is 0 Å². The van der Waals surface area contributed by atoms with Gasteiger partial charge in [0, 0.05) is 12.1 Å². The second-order valence-corrected chi connectivity index (χ2v) is 9.61. The summed E-state index contributed by atoms with van der Waals surface area (Å²) >= 11 is 0.520. The van der Waals surface area contributed by atoms with E-state index in [4.69, 9.17) is 9.47 Å². The Balaban J connectivity index is 1.53. The molecule has 0 atom stereocenters. The number of thioether (sulfide) groups is 1. The summed E-state index contributed by atoms with van der Waals surface area (Å²) < 4.78 is 77.1. The lowest BCUT2D eigenvalue weighted by Gasteiger charge is -2.14. The topological polar surface area (TPSA) is 128 Å². The van der Waals surface area contributed by atoms with Crippen LogP contribution in [-0.2, 0) is 15.8 Å². The lowest BCUT2D eigenvalue weighted by molar-refractivity contribution is -0.385. The van der Waals surface area contributed by atoms with Gasteiger partial charge in [-0.05, 0) is 66.7 Å². The standard InChI is InChI=1S/C27H18F5N3O7S/c1-2-41-22-9-14(3-7-21(22)42-20-8-4-15(27(30,31)32)11-19(20)35(39)40)10-23-25(37)34(26(38)43-23)13-24(36)33-18-6-5-16(28)12-17(18)29/h3-12H,2,13H2,1H3,(H,33,36)/b23-10+. The number of nitrogens with zero attached hydrogens (tertiary/aromatic N) is 2. The molecule has 10 nitrogen and oxygen atoms in total. The lowest BCUT2D eigenvalue weighted by Crippen LogP contribution is -2.36. The van der Waals surface area contributed by atoms with E-state index in [1.165, 1.54) is 24.3 Å². The number of halogens is 5. The zero-order valence-electron chi connectivity index (χ0n) is 21.7. The van der Waals surface area contributed by atoms with Crippen LogP contribution in [-0.4, -0.2) is 40.0 Å². The van der Waals surface area contributed by atoms with E-state index in [1.807, 2.05) is 0 Å². The number of carbonyl (C=O) groups is 3. The van der Waals surface area contributed by atoms with Crippen LogP contribution < -0.4 is 14.8 Å². The minimum absolute atomic E-state index is 0.0189. The first-order chi connectivity index (χ1) is 20.3. The molecule has 16 heteroatoms. The highest BCUT2D eigenvalue weighted by Crippen LogP contribution is 2.41. The van der Waals surface area contributed by atoms with Gasteiger partial charge in [0.2, 0.25) is 11.7 Å². The molecule has 0 aliphatic carbocycles. The molecule has 3 aromatic carbocycles. The quantitative estimate of drug-likeness (QED) is 0.120. The van der Waals surface area contributed by atoms with Gasteiger partial charge in [0.15, 0.2) is 11.5 Å². The van der Waals surface area contributed by atoms with Crippen molar-refractivity contribution in [3.63, 3.8) is 0 Å². The van der Waals surface area contributed by atoms with Crippen molar-refractivity contribution in [2.24, 2.45) is 0 Å². The SMILES string of the molecule is CCOc1cc(/C=C2/SC(=O)N(CC(=O)Nc3ccc(F)cc3F)C2=O)ccc1Oc1ccc(C(F)(F)F)cc1[N+](=O)[O-]. The molecule has 0 saturated carbocycles. The van der Waals surface area contributed by atoms with Gasteiger partial charge in [0.1, 0.15) is 18.2 Å². The molecule has 1 saturated heterocycles. The maximum atomic E-state index is 13.8. The van der Waals surface area contributed by atoms with Crippen LogP contribution in [0.4, 0.5) is 38.1 Å². The summed E-state index contributed by atoms with van der Waals surface area (Å²) in [7, 11) is 0. The Kier molecular flexibility index (Phi) is 8.99. The number of carbonyl (C=O) groups excluding carboxylic acids is 3. The average molecular weight is 624 g/mol. The molecule has 0 spiro atoms. The molecule has 0 aromatic heterocycles. The number of amides is 3. The van der Waals surface area contributed by atoms with Crippen LogP contribution in [0.25, 0.3) is 6.08 Å². The molecule has 224 valence electrons. The summed E-state index contributed by atoms with van der Waals surface area (Å²) in [5.74, 6) is -4.20. The number of alkyl halides is 3. The molecule has 1 N–H and O–H groups in total. The van der Waals surface area contributed by atoms with Gasteiger partial charge in [-0.25, -0.2) is 8.78 Å². The summed E-state index contributed by atoms with van der Waals surface area (Å²) in [5, 5.41) is 12.8. The van der Waals surface area contributed by atoms with Crippen molar-refractivity contribution in [1.29, 1.82) is 0 Å². The van der Waals surface area contributed by atoms with Gasteiger partial charge in [-0.3, -0.25) is 29.4 Å². The Morgan fingerprint density at radius 2 is 1.77 bits per heavy atom. The van der Waals surface area contributed by atoms with Crippen LogP contribution >= 0.6 is 11.8 Å². The highest BCUT2D eigenvalue weighted by Gasteiger charge is 2.37. The molecule has 1 fully saturated rings. The summed E-state index contributed by atoms with van der Waals surface area (Å²) in [5.41, 5.74) is -2.20. The van der Waals surface area contributed by atoms with Gasteiger partial charge in [0.25, 0.3) is 11.1 Å². The molecule has 1 aliphatic rings. The number of hydrogen-bond donors (Lipinski definition) is 1. The fourth-order valence-corrected chi connectivity index (χ4v) is 4.56. The Bertz CT molecular complexity index is 1660. The maximum absolute atomic E-state index is 13.8. The normalized spacial score (nSPS) is 14.3. The van der Waals surface area contributed by atoms with Crippen LogP contribution in [0.3, 0.4) is 0 Å². The van der Waals surface area contributed by atoms with Gasteiger partial charge in [-0.15, -0.1) is 0 Å². The molecule has 0 bridgehead atoms. The number of rotatable bonds is 9. The maximum Gasteiger partial charge on any atom is 0.416 e. The van der Waals surface area contributed by atoms with E-state index in [1.54, 1.807) is 6.92 Å². The third-order valence-electron chi connectivity index (χ3n) is 5.65. The number of nitrogens with one attached hydrogen (secondary N) is 1. The molecular weight excluding hydrogens is 605 g/mol. The fourth-order valence-electron chi connectivity index (χ4n) is 3.72. The first-order valence-corrected chi connectivity index (χ1v) is 12.9. The summed E-state index contributed by atoms with van der Waals surface area (Å²) in [6.45, 7) is 0.960. The predicted molar refractivity (Wildman–Crippen MR) is 143 cm³/mol. The molecule has 3 aromatic rings. The van der Waals surface area contributed by atoms with Gasteiger partial charge < -0.3 is 14.8 Å². The van der Waals surface area contributed by atoms with Gasteiger partial charge >= 0.3 is 11.9 Å². The Morgan fingerprint density at radius 1 is 1.05 bits per heavy atom. The third kappa shape index (κ3) is 7.27. The molecular formula is C27H18F5N3O7S. The minimum atomic E-state index is -4.81. The fraction of sp³-hybridized carbons (Fsp3) is 0.148. The second kappa shape index (κ2) is 12.5. The monoisotopic (exact) mass is 623 g/mol. The van der Waals surface area contributed by atoms with E-state index in [0.717, 1.165) is 18.2 Å². The number of nitro groups is 1. The first kappa shape index (κ1) is 31.0. The van der Waals surface area contributed by atoms with E-state index in [9.17, 15) is 46.5 Å². The van der Waals surface area contributed by atoms with Crippen molar-refractivity contribution in [3.05, 3.63) is 92.4 Å². The molecule has 4 rings (SSSR count). The summed E-state index contributed by atoms with van der Waals surface area (Å²) in [6.07, 6.45) is -3.51. The largest absolute Gasteiger partial charge is 0.490 e. The average Bonchev–Trinajstić information content (AvgIpc) is 3.18. The molecule has 1 heterocycles. The van der Waals surface area contributed by atoms with Crippen molar-refractivity contribution >= 4 is 46.3 Å². The molecule has 0 radical (unpaired) electrons. The van der Waals surface area contributed by atoms with Crippen LogP contribution in [0.2, 0.25) is 0 Å². The van der Waals surface area contributed by atoms with Crippen LogP contribution in [0.15, 0.2) is 59.5 Å². The third-order valence-corrected chi connectivity index (χ3v) is 6.56. The highest BCUT2D eigenvalue weighted by molar-refractivity contribution is 8.18. The van der Waals surface area contributed by atoms with E-state index in [2.05, 4.69) is 5.32 Å². The number of imide groups is 1. The van der Waals surface area contributed by atoms with Gasteiger partial charge in [-0.2, -0.15) is 13.2 Å². The number of hydrogen-bond acceptors (Lipinski definition) is 8. The minimum Gasteiger partial charge on any atom is -0.490 e. The van der Waals surface area contributed by atoms with E-state index < -0.39 is 63.3 Å². The highest BCUT2D eigenvalue weighted by atomic mass is 32.2. The van der Waals surface area contributed by atoms with Crippen molar-refractivity contribution in [1.82, 2.24) is 4.90 Å². The number of benzene rings is 3. The van der Waals surface area contributed by atoms with Crippen molar-refractivity contribution in [2.75, 3.05) is 18.5 Å². The predicted octanol–water partition coefficient (Wildman–Crippen LogP) is 6.76. The smallest absolute Gasteiger partial charge is 0.416 e. The van der Waals surface area contributed by atoms with Crippen LogP contribution in [0.1, 0.15) is 18.1 Å². The zero-order chi connectivity index (χ0) is 31.5. The van der Waals surface area contributed by atoms with Gasteiger partial charge in [0.05, 0.1) is 27.7 Å².